The molecule has 4 rings (SSSR count). The van der Waals surface area contributed by atoms with E-state index in [0.29, 0.717) is 22.0 Å². The first kappa shape index (κ1) is 27.6. The average Bonchev–Trinajstić information content (AvgIpc) is 2.93. The number of ether oxygens (including phenoxy) is 1. The predicted molar refractivity (Wildman–Crippen MR) is 148 cm³/mol. The number of rotatable bonds is 11. The van der Waals surface area contributed by atoms with E-state index in [1.54, 1.807) is 79.9 Å². The first-order chi connectivity index (χ1) is 18.7. The summed E-state index contributed by atoms with van der Waals surface area (Å²) in [5, 5.41) is 10.2. The highest BCUT2D eigenvalue weighted by atomic mass is 35.5. The van der Waals surface area contributed by atoms with Gasteiger partial charge in [-0.2, -0.15) is 0 Å². The molecule has 0 fully saturated rings. The number of methoxy groups -OCH3 is 1. The average molecular weight is 547 g/mol. The van der Waals surface area contributed by atoms with Crippen LogP contribution >= 0.6 is 11.6 Å². The normalized spacial score (nSPS) is 11.6. The highest BCUT2D eigenvalue weighted by Crippen LogP contribution is 2.21. The lowest BCUT2D eigenvalue weighted by molar-refractivity contribution is -0.143. The van der Waals surface area contributed by atoms with Crippen molar-refractivity contribution in [2.75, 3.05) is 7.11 Å². The van der Waals surface area contributed by atoms with Crippen LogP contribution in [0.15, 0.2) is 94.5 Å². The summed E-state index contributed by atoms with van der Waals surface area (Å²) < 4.78 is 7.47. The van der Waals surface area contributed by atoms with E-state index in [9.17, 15) is 24.3 Å². The van der Waals surface area contributed by atoms with Crippen molar-refractivity contribution < 1.29 is 19.4 Å². The van der Waals surface area contributed by atoms with Crippen molar-refractivity contribution in [2.24, 2.45) is 5.92 Å². The van der Waals surface area contributed by atoms with Gasteiger partial charge in [0.2, 0.25) is 0 Å². The Kier molecular flexibility index (Phi) is 8.78. The molecule has 0 bridgehead atoms. The van der Waals surface area contributed by atoms with Crippen molar-refractivity contribution in [3.8, 4) is 17.0 Å². The van der Waals surface area contributed by atoms with Crippen LogP contribution in [0.1, 0.15) is 17.5 Å². The molecule has 1 N–H and O–H groups in total. The van der Waals surface area contributed by atoms with Gasteiger partial charge in [-0.05, 0) is 47.4 Å². The molecule has 3 aromatic carbocycles. The second kappa shape index (κ2) is 12.4. The maximum atomic E-state index is 13.6. The molecule has 39 heavy (non-hydrogen) atoms. The van der Waals surface area contributed by atoms with Crippen LogP contribution in [0.5, 0.6) is 5.75 Å². The molecule has 0 aliphatic carbocycles. The molecule has 0 saturated heterocycles. The minimum Gasteiger partial charge on any atom is -0.497 e. The van der Waals surface area contributed by atoms with Crippen LogP contribution < -0.4 is 16.0 Å². The maximum absolute atomic E-state index is 13.6. The number of benzene rings is 3. The Balaban J connectivity index is 1.67. The predicted octanol–water partition coefficient (Wildman–Crippen LogP) is 4.29. The molecule has 1 aromatic heterocycles. The van der Waals surface area contributed by atoms with Gasteiger partial charge in [-0.15, -0.1) is 0 Å². The Hall–Kier alpha value is -4.43. The molecule has 0 radical (unpaired) electrons. The minimum absolute atomic E-state index is 0.126. The molecule has 1 heterocycles. The first-order valence-electron chi connectivity index (χ1n) is 12.3. The zero-order valence-corrected chi connectivity index (χ0v) is 22.0. The van der Waals surface area contributed by atoms with Gasteiger partial charge in [0.05, 0.1) is 31.8 Å². The van der Waals surface area contributed by atoms with Gasteiger partial charge in [0, 0.05) is 17.5 Å². The molecule has 0 spiro atoms. The van der Waals surface area contributed by atoms with Crippen LogP contribution in [-0.2, 0) is 29.1 Å². The number of aromatic nitrogens is 2. The van der Waals surface area contributed by atoms with Crippen LogP contribution in [0.25, 0.3) is 11.3 Å². The fraction of sp³-hybridized carbons (Fsp3) is 0.200. The van der Waals surface area contributed by atoms with E-state index in [-0.39, 0.29) is 19.4 Å². The van der Waals surface area contributed by atoms with Gasteiger partial charge in [0.15, 0.2) is 5.78 Å². The van der Waals surface area contributed by atoms with Gasteiger partial charge >= 0.3 is 11.7 Å². The van der Waals surface area contributed by atoms with Crippen molar-refractivity contribution in [1.29, 1.82) is 0 Å². The van der Waals surface area contributed by atoms with Crippen LogP contribution in [0.3, 0.4) is 0 Å². The monoisotopic (exact) mass is 546 g/mol. The number of carbonyl (C=O) groups excluding carboxylic acids is 1. The summed E-state index contributed by atoms with van der Waals surface area (Å²) in [4.78, 5) is 51.5. The molecule has 9 heteroatoms. The zero-order valence-electron chi connectivity index (χ0n) is 21.2. The summed E-state index contributed by atoms with van der Waals surface area (Å²) in [5.74, 6) is -1.96. The third-order valence-electron chi connectivity index (χ3n) is 6.40. The van der Waals surface area contributed by atoms with Crippen molar-refractivity contribution in [1.82, 2.24) is 9.13 Å². The summed E-state index contributed by atoms with van der Waals surface area (Å²) in [6.45, 7) is -0.402. The molecule has 8 nitrogen and oxygen atoms in total. The van der Waals surface area contributed by atoms with E-state index in [4.69, 9.17) is 16.3 Å². The van der Waals surface area contributed by atoms with Crippen molar-refractivity contribution in [3.05, 3.63) is 122 Å². The second-order valence-electron chi connectivity index (χ2n) is 9.15. The first-order valence-corrected chi connectivity index (χ1v) is 12.6. The van der Waals surface area contributed by atoms with Crippen LogP contribution in [0.2, 0.25) is 5.02 Å². The maximum Gasteiger partial charge on any atom is 0.332 e. The molecule has 200 valence electrons. The fourth-order valence-corrected chi connectivity index (χ4v) is 4.47. The summed E-state index contributed by atoms with van der Waals surface area (Å²) in [6, 6.07) is 24.2. The second-order valence-corrected chi connectivity index (χ2v) is 9.58. The number of hydrogen-bond acceptors (Lipinski definition) is 5. The van der Waals surface area contributed by atoms with Crippen molar-refractivity contribution in [2.45, 2.75) is 25.9 Å². The molecular formula is C30H27ClN2O6. The minimum atomic E-state index is -1.12. The van der Waals surface area contributed by atoms with E-state index in [0.717, 1.165) is 15.7 Å². The molecule has 4 aromatic rings. The van der Waals surface area contributed by atoms with Crippen molar-refractivity contribution in [3.63, 3.8) is 0 Å². The zero-order chi connectivity index (χ0) is 27.9. The summed E-state index contributed by atoms with van der Waals surface area (Å²) in [7, 11) is 1.56. The van der Waals surface area contributed by atoms with E-state index in [1.165, 1.54) is 10.6 Å². The molecule has 0 amide bonds. The molecular weight excluding hydrogens is 520 g/mol. The van der Waals surface area contributed by atoms with Gasteiger partial charge in [0.25, 0.3) is 5.56 Å². The number of ketones is 1. The molecule has 0 aliphatic heterocycles. The number of nitrogens with zero attached hydrogens (tertiary/aromatic N) is 2. The van der Waals surface area contributed by atoms with Gasteiger partial charge in [-0.1, -0.05) is 66.2 Å². The lowest BCUT2D eigenvalue weighted by Gasteiger charge is -2.17. The van der Waals surface area contributed by atoms with Crippen molar-refractivity contribution >= 4 is 23.4 Å². The number of carbonyl (C=O) groups is 2. The van der Waals surface area contributed by atoms with Crippen LogP contribution in [-0.4, -0.2) is 33.1 Å². The van der Waals surface area contributed by atoms with E-state index < -0.39 is 35.5 Å². The Labute approximate surface area is 229 Å². The Morgan fingerprint density at radius 2 is 1.56 bits per heavy atom. The van der Waals surface area contributed by atoms with E-state index in [2.05, 4.69) is 0 Å². The number of halogens is 1. The van der Waals surface area contributed by atoms with Crippen LogP contribution in [0.4, 0.5) is 0 Å². The number of carboxylic acids is 1. The third-order valence-corrected chi connectivity index (χ3v) is 6.65. The lowest BCUT2D eigenvalue weighted by atomic mass is 9.94. The topological polar surface area (TPSA) is 108 Å². The summed E-state index contributed by atoms with van der Waals surface area (Å²) in [5.41, 5.74) is 1.20. The Morgan fingerprint density at radius 3 is 2.18 bits per heavy atom. The Morgan fingerprint density at radius 1 is 0.897 bits per heavy atom. The highest BCUT2D eigenvalue weighted by Gasteiger charge is 2.23. The standard InChI is InChI=1S/C30H27ClN2O6/c1-39-26-13-7-21(8-14-26)18-32-27(22-9-11-24(31)12-10-22)17-28(35)33(30(32)38)19-25(34)16-23(29(36)37)15-20-5-3-2-4-6-20/h2-14,17,23H,15-16,18-19H2,1H3,(H,36,37). The van der Waals surface area contributed by atoms with Crippen LogP contribution in [0, 0.1) is 5.92 Å². The number of carboxylic acid groups (broad SMARTS) is 1. The van der Waals surface area contributed by atoms with E-state index in [1.807, 2.05) is 6.07 Å². The molecule has 0 saturated carbocycles. The SMILES string of the molecule is COc1ccc(Cn2c(-c3ccc(Cl)cc3)cc(=O)n(CC(=O)CC(Cc3ccccc3)C(=O)O)c2=O)cc1. The summed E-state index contributed by atoms with van der Waals surface area (Å²) >= 11 is 6.03. The number of Topliss-reactive ketones (excluding diaryl/α,β-unsaturated/α-hetero) is 1. The largest absolute Gasteiger partial charge is 0.497 e. The number of aliphatic carboxylic acids is 1. The molecule has 0 aliphatic rings. The van der Waals surface area contributed by atoms with Gasteiger partial charge in [-0.25, -0.2) is 4.79 Å². The quantitative estimate of drug-likeness (QED) is 0.301. The Bertz CT molecular complexity index is 1580. The third kappa shape index (κ3) is 6.91. The fourth-order valence-electron chi connectivity index (χ4n) is 4.35. The van der Waals surface area contributed by atoms with Gasteiger partial charge < -0.3 is 9.84 Å². The molecule has 1 unspecified atom stereocenters. The molecule has 1 atom stereocenters. The highest BCUT2D eigenvalue weighted by molar-refractivity contribution is 6.30. The summed E-state index contributed by atoms with van der Waals surface area (Å²) in [6.07, 6.45) is -0.151. The lowest BCUT2D eigenvalue weighted by Crippen LogP contribution is -2.42. The smallest absolute Gasteiger partial charge is 0.332 e. The van der Waals surface area contributed by atoms with Gasteiger partial charge in [0.1, 0.15) is 5.75 Å². The number of hydrogen-bond donors (Lipinski definition) is 1. The van der Waals surface area contributed by atoms with E-state index >= 15 is 0 Å². The van der Waals surface area contributed by atoms with Gasteiger partial charge in [-0.3, -0.25) is 23.5 Å².